The second kappa shape index (κ2) is 10.8. The predicted molar refractivity (Wildman–Crippen MR) is 124 cm³/mol. The third kappa shape index (κ3) is 5.93. The molecule has 0 aromatic heterocycles. The maximum atomic E-state index is 13.0. The van der Waals surface area contributed by atoms with E-state index >= 15 is 0 Å². The van der Waals surface area contributed by atoms with Crippen LogP contribution in [-0.4, -0.2) is 97.3 Å². The van der Waals surface area contributed by atoms with Crippen molar-refractivity contribution in [3.63, 3.8) is 0 Å². The van der Waals surface area contributed by atoms with Gasteiger partial charge < -0.3 is 19.4 Å². The number of nitrogens with zero attached hydrogens (tertiary/aromatic N) is 4. The quantitative estimate of drug-likeness (QED) is 0.507. The van der Waals surface area contributed by atoms with Gasteiger partial charge in [0.05, 0.1) is 6.54 Å². The molecule has 0 unspecified atom stereocenters. The van der Waals surface area contributed by atoms with E-state index in [0.29, 0.717) is 65.4 Å². The highest BCUT2D eigenvalue weighted by Crippen LogP contribution is 2.29. The smallest absolute Gasteiger partial charge is 0.236 e. The topological polar surface area (TPSA) is 73.4 Å². The lowest BCUT2D eigenvalue weighted by molar-refractivity contribution is -0.138. The van der Waals surface area contributed by atoms with E-state index in [1.165, 1.54) is 0 Å². The van der Waals surface area contributed by atoms with Gasteiger partial charge in [-0.3, -0.25) is 19.3 Å². The van der Waals surface area contributed by atoms with Crippen LogP contribution in [0, 0.1) is 11.8 Å². The summed E-state index contributed by atoms with van der Waals surface area (Å²) in [4.78, 5) is 44.5. The van der Waals surface area contributed by atoms with Gasteiger partial charge in [0.1, 0.15) is 12.4 Å². The van der Waals surface area contributed by atoms with E-state index in [0.717, 1.165) is 24.1 Å². The molecule has 1 aromatic carbocycles. The van der Waals surface area contributed by atoms with Crippen LogP contribution in [0.1, 0.15) is 18.4 Å². The summed E-state index contributed by atoms with van der Waals surface area (Å²) in [5, 5.41) is 0. The fourth-order valence-corrected chi connectivity index (χ4v) is 4.98. The first-order valence-corrected chi connectivity index (χ1v) is 11.8. The van der Waals surface area contributed by atoms with Gasteiger partial charge in [-0.05, 0) is 31.4 Å². The van der Waals surface area contributed by atoms with Crippen molar-refractivity contribution < 1.29 is 19.1 Å². The lowest BCUT2D eigenvalue weighted by Gasteiger charge is -2.39. The van der Waals surface area contributed by atoms with Crippen molar-refractivity contribution in [1.29, 1.82) is 0 Å². The number of benzene rings is 1. The molecule has 2 saturated heterocycles. The van der Waals surface area contributed by atoms with Crippen LogP contribution in [0.4, 0.5) is 0 Å². The molecule has 0 aliphatic carbocycles. The number of likely N-dealkylation sites (N-methyl/N-ethyl adjacent to an activating group) is 1. The molecule has 1 aromatic rings. The molecule has 2 fully saturated rings. The fraction of sp³-hybridized carbons (Fsp3) is 0.560. The van der Waals surface area contributed by atoms with Crippen molar-refractivity contribution in [3.8, 4) is 5.75 Å². The highest BCUT2D eigenvalue weighted by atomic mass is 16.5. The van der Waals surface area contributed by atoms with E-state index in [1.54, 1.807) is 4.90 Å². The zero-order valence-corrected chi connectivity index (χ0v) is 19.4. The van der Waals surface area contributed by atoms with Crippen LogP contribution in [0.5, 0.6) is 5.75 Å². The highest BCUT2D eigenvalue weighted by molar-refractivity contribution is 5.79. The number of ether oxygens (including phenoxy) is 1. The number of hydrogen-bond donors (Lipinski definition) is 0. The van der Waals surface area contributed by atoms with Crippen LogP contribution in [0.15, 0.2) is 36.4 Å². The zero-order chi connectivity index (χ0) is 23.2. The van der Waals surface area contributed by atoms with Gasteiger partial charge in [0.25, 0.3) is 0 Å². The number of carbonyl (C=O) groups excluding carboxylic acids is 3. The molecule has 0 radical (unpaired) electrons. The molecule has 2 bridgehead atoms. The van der Waals surface area contributed by atoms with E-state index in [2.05, 4.69) is 6.08 Å². The van der Waals surface area contributed by atoms with Crippen LogP contribution in [0.2, 0.25) is 0 Å². The number of rotatable bonds is 3. The zero-order valence-electron chi connectivity index (χ0n) is 19.4. The van der Waals surface area contributed by atoms with Crippen LogP contribution < -0.4 is 4.74 Å². The van der Waals surface area contributed by atoms with Gasteiger partial charge >= 0.3 is 0 Å². The molecular weight excluding hydrogens is 420 g/mol. The SMILES string of the molecule is CN1CC(=O)N2CC[C@@H](CC(=O)N3CCN(C=O)CC3)[C@@H](C=CCOc3ccccc3C1)C2. The number of piperazine rings is 1. The molecule has 3 aliphatic heterocycles. The van der Waals surface area contributed by atoms with E-state index in [1.807, 2.05) is 52.1 Å². The molecule has 3 heterocycles. The Balaban J connectivity index is 1.45. The first-order chi connectivity index (χ1) is 16.0. The minimum Gasteiger partial charge on any atom is -0.489 e. The fourth-order valence-electron chi connectivity index (χ4n) is 4.98. The number of para-hydroxylation sites is 1. The summed E-state index contributed by atoms with van der Waals surface area (Å²) in [6, 6.07) is 7.95. The highest BCUT2D eigenvalue weighted by Gasteiger charge is 2.33. The van der Waals surface area contributed by atoms with Crippen LogP contribution in [0.25, 0.3) is 0 Å². The number of fused-ring (bicyclic) bond motifs is 3. The van der Waals surface area contributed by atoms with E-state index in [9.17, 15) is 14.4 Å². The Morgan fingerprint density at radius 3 is 2.70 bits per heavy atom. The number of hydrogen-bond acceptors (Lipinski definition) is 5. The molecule has 8 heteroatoms. The van der Waals surface area contributed by atoms with E-state index in [-0.39, 0.29) is 23.7 Å². The van der Waals surface area contributed by atoms with Gasteiger partial charge in [0.2, 0.25) is 18.2 Å². The Labute approximate surface area is 195 Å². The average molecular weight is 455 g/mol. The minimum absolute atomic E-state index is 0.118. The number of amides is 3. The summed E-state index contributed by atoms with van der Waals surface area (Å²) in [7, 11) is 1.96. The van der Waals surface area contributed by atoms with Crippen molar-refractivity contribution in [2.75, 3.05) is 59.5 Å². The Kier molecular flexibility index (Phi) is 7.65. The normalized spacial score (nSPS) is 24.8. The molecular formula is C25H34N4O4. The third-order valence-electron chi connectivity index (χ3n) is 6.95. The second-order valence-corrected chi connectivity index (χ2v) is 9.30. The third-order valence-corrected chi connectivity index (χ3v) is 6.95. The molecule has 3 amide bonds. The van der Waals surface area contributed by atoms with Crippen molar-refractivity contribution >= 4 is 18.2 Å². The van der Waals surface area contributed by atoms with Crippen LogP contribution in [0.3, 0.4) is 0 Å². The molecule has 8 nitrogen and oxygen atoms in total. The van der Waals surface area contributed by atoms with Gasteiger partial charge in [0.15, 0.2) is 0 Å². The van der Waals surface area contributed by atoms with Gasteiger partial charge in [-0.2, -0.15) is 0 Å². The summed E-state index contributed by atoms with van der Waals surface area (Å²) in [6.07, 6.45) is 6.29. The number of carbonyl (C=O) groups is 3. The van der Waals surface area contributed by atoms with Crippen molar-refractivity contribution in [1.82, 2.24) is 19.6 Å². The minimum atomic E-state index is 0.118. The Hall–Kier alpha value is -2.87. The largest absolute Gasteiger partial charge is 0.489 e. The molecule has 178 valence electrons. The predicted octanol–water partition coefficient (Wildman–Crippen LogP) is 1.22. The lowest BCUT2D eigenvalue weighted by atomic mass is 9.82. The van der Waals surface area contributed by atoms with E-state index in [4.69, 9.17) is 4.74 Å². The summed E-state index contributed by atoms with van der Waals surface area (Å²) >= 11 is 0. The number of piperidine rings is 1. The van der Waals surface area contributed by atoms with Gasteiger partial charge in [-0.25, -0.2) is 0 Å². The van der Waals surface area contributed by atoms with Crippen LogP contribution >= 0.6 is 0 Å². The molecule has 4 rings (SSSR count). The van der Waals surface area contributed by atoms with E-state index < -0.39 is 0 Å². The van der Waals surface area contributed by atoms with Gasteiger partial charge in [0, 0.05) is 57.8 Å². The lowest BCUT2D eigenvalue weighted by Crippen LogP contribution is -2.50. The second-order valence-electron chi connectivity index (χ2n) is 9.30. The summed E-state index contributed by atoms with van der Waals surface area (Å²) in [5.74, 6) is 1.42. The molecule has 0 saturated carbocycles. The Morgan fingerprint density at radius 1 is 1.12 bits per heavy atom. The van der Waals surface area contributed by atoms with Gasteiger partial charge in [-0.15, -0.1) is 0 Å². The molecule has 3 aliphatic rings. The average Bonchev–Trinajstić information content (AvgIpc) is 2.83. The maximum Gasteiger partial charge on any atom is 0.236 e. The van der Waals surface area contributed by atoms with Crippen molar-refractivity contribution in [3.05, 3.63) is 42.0 Å². The standard InChI is InChI=1S/C25H34N4O4/c1-26-16-22-5-2-3-7-23(22)33-14-4-6-21-17-29(25(32)18-26)9-8-20(21)15-24(31)28-12-10-27(19-30)11-13-28/h2-7,19-21H,8-18H2,1H3/t20-,21-/m0/s1. The summed E-state index contributed by atoms with van der Waals surface area (Å²) < 4.78 is 6.03. The molecule has 0 N–H and O–H groups in total. The van der Waals surface area contributed by atoms with Gasteiger partial charge in [-0.1, -0.05) is 30.4 Å². The monoisotopic (exact) mass is 454 g/mol. The van der Waals surface area contributed by atoms with Crippen molar-refractivity contribution in [2.24, 2.45) is 11.8 Å². The van der Waals surface area contributed by atoms with Crippen LogP contribution in [-0.2, 0) is 20.9 Å². The molecule has 33 heavy (non-hydrogen) atoms. The first kappa shape index (κ1) is 23.3. The molecule has 0 spiro atoms. The summed E-state index contributed by atoms with van der Waals surface area (Å²) in [6.45, 7) is 5.15. The first-order valence-electron chi connectivity index (χ1n) is 11.8. The summed E-state index contributed by atoms with van der Waals surface area (Å²) in [5.41, 5.74) is 1.07. The maximum absolute atomic E-state index is 13.0. The molecule has 2 atom stereocenters. The van der Waals surface area contributed by atoms with Crippen molar-refractivity contribution in [2.45, 2.75) is 19.4 Å². The Morgan fingerprint density at radius 2 is 1.91 bits per heavy atom. The Bertz CT molecular complexity index is 881.